The van der Waals surface area contributed by atoms with E-state index in [4.69, 9.17) is 4.52 Å². The summed E-state index contributed by atoms with van der Waals surface area (Å²) in [4.78, 5) is 19.4. The Morgan fingerprint density at radius 1 is 1.13 bits per heavy atom. The van der Waals surface area contributed by atoms with Crippen LogP contribution in [0, 0.1) is 5.92 Å². The van der Waals surface area contributed by atoms with E-state index in [-0.39, 0.29) is 17.9 Å². The molecule has 1 atom stereocenters. The molecule has 5 heteroatoms. The Kier molecular flexibility index (Phi) is 3.85. The van der Waals surface area contributed by atoms with Crippen molar-refractivity contribution >= 4 is 5.91 Å². The van der Waals surface area contributed by atoms with Crippen LogP contribution in [0.25, 0.3) is 0 Å². The van der Waals surface area contributed by atoms with Gasteiger partial charge in [-0.15, -0.1) is 0 Å². The summed E-state index contributed by atoms with van der Waals surface area (Å²) in [5.41, 5.74) is 2.63. The highest BCUT2D eigenvalue weighted by Crippen LogP contribution is 2.33. The molecule has 0 N–H and O–H groups in total. The third kappa shape index (κ3) is 2.76. The molecular formula is C18H21N3O2. The number of aromatic nitrogens is 2. The molecule has 1 saturated heterocycles. The first-order valence-corrected chi connectivity index (χ1v) is 8.46. The van der Waals surface area contributed by atoms with Crippen molar-refractivity contribution < 1.29 is 9.32 Å². The Labute approximate surface area is 135 Å². The van der Waals surface area contributed by atoms with Crippen molar-refractivity contribution in [2.24, 2.45) is 5.92 Å². The zero-order chi connectivity index (χ0) is 15.6. The Balaban J connectivity index is 1.56. The topological polar surface area (TPSA) is 59.2 Å². The minimum absolute atomic E-state index is 0.0348. The van der Waals surface area contributed by atoms with Crippen LogP contribution in [-0.2, 0) is 17.6 Å². The van der Waals surface area contributed by atoms with Crippen LogP contribution in [-0.4, -0.2) is 27.5 Å². The molecule has 1 amide bonds. The first-order chi connectivity index (χ1) is 11.3. The fourth-order valence-electron chi connectivity index (χ4n) is 3.93. The molecule has 2 aliphatic rings. The van der Waals surface area contributed by atoms with Crippen molar-refractivity contribution in [2.45, 2.75) is 44.6 Å². The summed E-state index contributed by atoms with van der Waals surface area (Å²) in [6, 6.07) is 8.36. The van der Waals surface area contributed by atoms with Gasteiger partial charge in [0.1, 0.15) is 0 Å². The SMILES string of the molecule is O=C(C1Cc2ccccc2C1)N1CCCCCC1c1ncon1. The van der Waals surface area contributed by atoms with Gasteiger partial charge in [0, 0.05) is 12.5 Å². The number of hydrogen-bond donors (Lipinski definition) is 0. The van der Waals surface area contributed by atoms with Crippen molar-refractivity contribution in [1.82, 2.24) is 15.0 Å². The highest BCUT2D eigenvalue weighted by atomic mass is 16.5. The lowest BCUT2D eigenvalue weighted by molar-refractivity contribution is -0.138. The van der Waals surface area contributed by atoms with Gasteiger partial charge in [-0.3, -0.25) is 4.79 Å². The van der Waals surface area contributed by atoms with Gasteiger partial charge >= 0.3 is 0 Å². The average Bonchev–Trinajstić information content (AvgIpc) is 3.19. The second-order valence-electron chi connectivity index (χ2n) is 6.56. The third-order valence-corrected chi connectivity index (χ3v) is 5.11. The number of fused-ring (bicyclic) bond motifs is 1. The van der Waals surface area contributed by atoms with Crippen molar-refractivity contribution in [3.05, 3.63) is 47.6 Å². The van der Waals surface area contributed by atoms with Crippen LogP contribution in [0.1, 0.15) is 48.7 Å². The number of carbonyl (C=O) groups excluding carboxylic acids is 1. The molecule has 0 saturated carbocycles. The molecular weight excluding hydrogens is 290 g/mol. The summed E-state index contributed by atoms with van der Waals surface area (Å²) in [5.74, 6) is 0.952. The second-order valence-corrected chi connectivity index (χ2v) is 6.56. The molecule has 0 bridgehead atoms. The maximum Gasteiger partial charge on any atom is 0.226 e. The maximum absolute atomic E-state index is 13.2. The fraction of sp³-hybridized carbons (Fsp3) is 0.500. The third-order valence-electron chi connectivity index (χ3n) is 5.11. The fourth-order valence-corrected chi connectivity index (χ4v) is 3.93. The molecule has 2 aromatic rings. The van der Waals surface area contributed by atoms with E-state index in [1.165, 1.54) is 17.5 Å². The summed E-state index contributed by atoms with van der Waals surface area (Å²) < 4.78 is 4.91. The largest absolute Gasteiger partial charge is 0.343 e. The predicted molar refractivity (Wildman–Crippen MR) is 84.6 cm³/mol. The molecule has 4 rings (SSSR count). The van der Waals surface area contributed by atoms with Gasteiger partial charge in [-0.25, -0.2) is 0 Å². The van der Waals surface area contributed by atoms with E-state index >= 15 is 0 Å². The molecule has 0 radical (unpaired) electrons. The van der Waals surface area contributed by atoms with Crippen LogP contribution in [0.3, 0.4) is 0 Å². The molecule has 1 fully saturated rings. The maximum atomic E-state index is 13.2. The molecule has 2 heterocycles. The van der Waals surface area contributed by atoms with Crippen LogP contribution in [0.5, 0.6) is 0 Å². The van der Waals surface area contributed by atoms with Crippen LogP contribution in [0.4, 0.5) is 0 Å². The van der Waals surface area contributed by atoms with E-state index < -0.39 is 0 Å². The van der Waals surface area contributed by atoms with Crippen molar-refractivity contribution in [3.8, 4) is 0 Å². The minimum Gasteiger partial charge on any atom is -0.343 e. The van der Waals surface area contributed by atoms with Gasteiger partial charge in [0.05, 0.1) is 6.04 Å². The first-order valence-electron chi connectivity index (χ1n) is 8.46. The van der Waals surface area contributed by atoms with E-state index in [1.54, 1.807) is 0 Å². The molecule has 1 aliphatic heterocycles. The molecule has 1 unspecified atom stereocenters. The van der Waals surface area contributed by atoms with Crippen molar-refractivity contribution in [3.63, 3.8) is 0 Å². The number of benzene rings is 1. The van der Waals surface area contributed by atoms with Gasteiger partial charge in [-0.2, -0.15) is 4.98 Å². The summed E-state index contributed by atoms with van der Waals surface area (Å²) in [6.07, 6.45) is 7.30. The zero-order valence-electron chi connectivity index (χ0n) is 13.1. The number of likely N-dealkylation sites (tertiary alicyclic amines) is 1. The van der Waals surface area contributed by atoms with Crippen LogP contribution in [0.15, 0.2) is 35.2 Å². The van der Waals surface area contributed by atoms with Gasteiger partial charge in [0.15, 0.2) is 5.82 Å². The lowest BCUT2D eigenvalue weighted by Gasteiger charge is -2.30. The normalized spacial score (nSPS) is 21.9. The van der Waals surface area contributed by atoms with Crippen molar-refractivity contribution in [2.75, 3.05) is 6.54 Å². The van der Waals surface area contributed by atoms with Crippen molar-refractivity contribution in [1.29, 1.82) is 0 Å². The Bertz CT molecular complexity index is 658. The number of carbonyl (C=O) groups is 1. The van der Waals surface area contributed by atoms with E-state index in [1.807, 2.05) is 4.90 Å². The van der Waals surface area contributed by atoms with Crippen LogP contribution < -0.4 is 0 Å². The van der Waals surface area contributed by atoms with Gasteiger partial charge in [0.2, 0.25) is 12.3 Å². The summed E-state index contributed by atoms with van der Waals surface area (Å²) >= 11 is 0. The lowest BCUT2D eigenvalue weighted by Crippen LogP contribution is -2.39. The molecule has 1 aliphatic carbocycles. The molecule has 120 valence electrons. The first kappa shape index (κ1) is 14.4. The standard InChI is InChI=1S/C18H21N3O2/c22-18(15-10-13-6-3-4-7-14(13)11-15)21-9-5-1-2-8-16(21)17-19-12-23-20-17/h3-4,6-7,12,15-16H,1-2,5,8-11H2. The van der Waals surface area contributed by atoms with E-state index in [9.17, 15) is 4.79 Å². The lowest BCUT2D eigenvalue weighted by atomic mass is 10.0. The minimum atomic E-state index is -0.0348. The Morgan fingerprint density at radius 2 is 1.91 bits per heavy atom. The zero-order valence-corrected chi connectivity index (χ0v) is 13.1. The molecule has 23 heavy (non-hydrogen) atoms. The quantitative estimate of drug-likeness (QED) is 0.855. The second kappa shape index (κ2) is 6.14. The number of nitrogens with zero attached hydrogens (tertiary/aromatic N) is 3. The Morgan fingerprint density at radius 3 is 2.61 bits per heavy atom. The van der Waals surface area contributed by atoms with Gasteiger partial charge < -0.3 is 9.42 Å². The average molecular weight is 311 g/mol. The van der Waals surface area contributed by atoms with E-state index in [2.05, 4.69) is 34.4 Å². The summed E-state index contributed by atoms with van der Waals surface area (Å²) in [5, 5.41) is 4.00. The van der Waals surface area contributed by atoms with E-state index in [0.717, 1.165) is 45.1 Å². The van der Waals surface area contributed by atoms with E-state index in [0.29, 0.717) is 5.82 Å². The monoisotopic (exact) mass is 311 g/mol. The smallest absolute Gasteiger partial charge is 0.226 e. The van der Waals surface area contributed by atoms with Gasteiger partial charge in [0.25, 0.3) is 0 Å². The highest BCUT2D eigenvalue weighted by molar-refractivity contribution is 5.81. The van der Waals surface area contributed by atoms with Gasteiger partial charge in [-0.05, 0) is 36.8 Å². The molecule has 5 nitrogen and oxygen atoms in total. The van der Waals surface area contributed by atoms with Crippen LogP contribution in [0.2, 0.25) is 0 Å². The Hall–Kier alpha value is -2.17. The number of amides is 1. The molecule has 1 aromatic carbocycles. The number of rotatable bonds is 2. The van der Waals surface area contributed by atoms with Crippen LogP contribution >= 0.6 is 0 Å². The predicted octanol–water partition coefficient (Wildman–Crippen LogP) is 2.93. The molecule has 0 spiro atoms. The van der Waals surface area contributed by atoms with Gasteiger partial charge in [-0.1, -0.05) is 42.3 Å². The summed E-state index contributed by atoms with van der Waals surface area (Å²) in [7, 11) is 0. The number of hydrogen-bond acceptors (Lipinski definition) is 4. The molecule has 1 aromatic heterocycles. The summed E-state index contributed by atoms with van der Waals surface area (Å²) in [6.45, 7) is 0.797. The highest BCUT2D eigenvalue weighted by Gasteiger charge is 2.36.